The molecule has 0 spiro atoms. The number of phenolic OH excluding ortho intramolecular Hbond substituents is 2. The molecule has 0 aliphatic heterocycles. The standard InChI is InChI=1S/C24H30ClN3O3.C14H13N3O/c1-3-4-5-6-7-8-13-31-23(29)12-9-18-14-17(2)24(30)22(15-18)28-26-20-11-10-19(25)16-21(20)27(26)28;1-9-7-10(2)14(18)13(8-9)17-15-11-5-3-4-6-12(11)16(15)17/h10-11,14-16,30H,3-9,12-13H2,1-2H3;3-8,18H,1-2H3. The second-order valence-electron chi connectivity index (χ2n) is 13.1. The highest BCUT2D eigenvalue weighted by molar-refractivity contribution is 6.31. The van der Waals surface area contributed by atoms with E-state index in [0.717, 1.165) is 51.8 Å². The number of halogens is 1. The summed E-state index contributed by atoms with van der Waals surface area (Å²) in [5, 5.41) is 21.5. The summed E-state index contributed by atoms with van der Waals surface area (Å²) in [6.45, 7) is 8.55. The van der Waals surface area contributed by atoms with Gasteiger partial charge in [-0.1, -0.05) is 74.9 Å². The fraction of sp³-hybridized carbons (Fsp3) is 0.342. The summed E-state index contributed by atoms with van der Waals surface area (Å²) in [5.41, 5.74) is 9.78. The quantitative estimate of drug-likeness (QED) is 0.0996. The number of ether oxygens (including phenoxy) is 1. The summed E-state index contributed by atoms with van der Waals surface area (Å²) >= 11 is 6.10. The van der Waals surface area contributed by atoms with Gasteiger partial charge >= 0.3 is 5.97 Å². The van der Waals surface area contributed by atoms with Crippen molar-refractivity contribution in [1.82, 2.24) is 28.1 Å². The number of aryl methyl sites for hydroxylation is 4. The molecule has 2 N–H and O–H groups in total. The van der Waals surface area contributed by atoms with Gasteiger partial charge in [0.05, 0.1) is 6.61 Å². The molecule has 8 aromatic rings. The molecule has 0 aliphatic carbocycles. The summed E-state index contributed by atoms with van der Waals surface area (Å²) in [4.78, 5) is 16.0. The molecule has 0 saturated heterocycles. The van der Waals surface area contributed by atoms with Gasteiger partial charge < -0.3 is 14.9 Å². The Labute approximate surface area is 289 Å². The number of nitrogens with zero attached hydrogens (tertiary/aromatic N) is 6. The summed E-state index contributed by atoms with van der Waals surface area (Å²) in [6.07, 6.45) is 7.95. The number of carbonyl (C=O) groups excluding carboxylic acids is 1. The lowest BCUT2D eigenvalue weighted by Gasteiger charge is -2.08. The Morgan fingerprint density at radius 2 is 1.27 bits per heavy atom. The second kappa shape index (κ2) is 13.2. The van der Waals surface area contributed by atoms with E-state index in [1.54, 1.807) is 0 Å². The highest BCUT2D eigenvalue weighted by atomic mass is 35.5. The van der Waals surface area contributed by atoms with Crippen LogP contribution >= 0.6 is 11.6 Å². The maximum atomic E-state index is 12.1. The van der Waals surface area contributed by atoms with Crippen LogP contribution in [0.15, 0.2) is 66.7 Å². The van der Waals surface area contributed by atoms with Crippen molar-refractivity contribution in [3.8, 4) is 22.9 Å². The lowest BCUT2D eigenvalue weighted by Crippen LogP contribution is -2.07. The van der Waals surface area contributed by atoms with Crippen LogP contribution in [0.4, 0.5) is 0 Å². The molecular formula is C38H43ClN6O4. The van der Waals surface area contributed by atoms with Crippen molar-refractivity contribution in [2.24, 2.45) is 0 Å². The fourth-order valence-corrected chi connectivity index (χ4v) is 6.79. The molecule has 0 bridgehead atoms. The van der Waals surface area contributed by atoms with Crippen LogP contribution < -0.4 is 0 Å². The van der Waals surface area contributed by atoms with Gasteiger partial charge in [0, 0.05) is 11.4 Å². The molecule has 0 amide bonds. The number of para-hydroxylation sites is 2. The Balaban J connectivity index is 0.000000176. The summed E-state index contributed by atoms with van der Waals surface area (Å²) < 4.78 is 13.4. The van der Waals surface area contributed by atoms with Crippen molar-refractivity contribution < 1.29 is 19.7 Å². The number of rotatable bonds is 12. The van der Waals surface area contributed by atoms with E-state index in [0.29, 0.717) is 35.9 Å². The Bertz CT molecular complexity index is 2320. The first-order chi connectivity index (χ1) is 23.7. The van der Waals surface area contributed by atoms with Crippen molar-refractivity contribution in [3.05, 3.63) is 94.0 Å². The van der Waals surface area contributed by atoms with Crippen LogP contribution in [0.1, 0.15) is 74.1 Å². The highest BCUT2D eigenvalue weighted by Crippen LogP contribution is 2.35. The molecule has 4 aromatic heterocycles. The van der Waals surface area contributed by atoms with E-state index in [4.69, 9.17) is 16.3 Å². The number of hydrogen-bond donors (Lipinski definition) is 2. The van der Waals surface area contributed by atoms with Gasteiger partial charge in [-0.15, -0.1) is 28.1 Å². The van der Waals surface area contributed by atoms with Crippen LogP contribution in [0, 0.1) is 20.8 Å². The van der Waals surface area contributed by atoms with Gasteiger partial charge in [-0.2, -0.15) is 0 Å². The number of fused-ring (bicyclic) bond motifs is 8. The van der Waals surface area contributed by atoms with Crippen LogP contribution in [0.5, 0.6) is 11.5 Å². The molecule has 49 heavy (non-hydrogen) atoms. The van der Waals surface area contributed by atoms with Gasteiger partial charge in [-0.3, -0.25) is 4.79 Å². The number of carbonyl (C=O) groups is 1. The Hall–Kier alpha value is -4.96. The molecule has 11 heteroatoms. The summed E-state index contributed by atoms with van der Waals surface area (Å²) in [7, 11) is 0. The Morgan fingerprint density at radius 3 is 1.94 bits per heavy atom. The van der Waals surface area contributed by atoms with Crippen molar-refractivity contribution >= 4 is 39.6 Å². The first-order valence-electron chi connectivity index (χ1n) is 17.2. The van der Waals surface area contributed by atoms with E-state index in [1.807, 2.05) is 103 Å². The Morgan fingerprint density at radius 1 is 0.694 bits per heavy atom. The van der Waals surface area contributed by atoms with Crippen LogP contribution in [0.2, 0.25) is 5.02 Å². The van der Waals surface area contributed by atoms with Gasteiger partial charge in [0.2, 0.25) is 0 Å². The van der Waals surface area contributed by atoms with E-state index in [-0.39, 0.29) is 11.7 Å². The topological polar surface area (TPSA) is 94.3 Å². The van der Waals surface area contributed by atoms with Crippen LogP contribution in [-0.4, -0.2) is 50.9 Å². The molecular weight excluding hydrogens is 640 g/mol. The zero-order chi connectivity index (χ0) is 34.4. The minimum atomic E-state index is -0.165. The average Bonchev–Trinajstić information content (AvgIpc) is 3.95. The maximum Gasteiger partial charge on any atom is 0.306 e. The van der Waals surface area contributed by atoms with Crippen LogP contribution in [0.25, 0.3) is 33.4 Å². The lowest BCUT2D eigenvalue weighted by molar-refractivity contribution is -0.143. The minimum absolute atomic E-state index is 0.165. The van der Waals surface area contributed by atoms with Gasteiger partial charge in [-0.25, -0.2) is 0 Å². The monoisotopic (exact) mass is 682 g/mol. The third kappa shape index (κ3) is 6.10. The molecule has 0 atom stereocenters. The Kier molecular flexibility index (Phi) is 8.75. The smallest absolute Gasteiger partial charge is 0.306 e. The molecule has 0 aliphatic rings. The number of unbranched alkanes of at least 4 members (excludes halogenated alkanes) is 5. The van der Waals surface area contributed by atoms with E-state index < -0.39 is 0 Å². The molecule has 256 valence electrons. The molecule has 0 saturated carbocycles. The zero-order valence-electron chi connectivity index (χ0n) is 28.5. The first-order valence-corrected chi connectivity index (χ1v) is 17.5. The fourth-order valence-electron chi connectivity index (χ4n) is 6.63. The van der Waals surface area contributed by atoms with Gasteiger partial charge in [0.25, 0.3) is 0 Å². The largest absolute Gasteiger partial charge is 0.505 e. The van der Waals surface area contributed by atoms with Crippen molar-refractivity contribution in [2.45, 2.75) is 79.1 Å². The third-order valence-corrected chi connectivity index (χ3v) is 9.51. The predicted molar refractivity (Wildman–Crippen MR) is 193 cm³/mol. The van der Waals surface area contributed by atoms with Crippen molar-refractivity contribution in [1.29, 1.82) is 0 Å². The molecule has 0 radical (unpaired) electrons. The van der Waals surface area contributed by atoms with Crippen molar-refractivity contribution in [3.63, 3.8) is 0 Å². The number of aromatic hydroxyl groups is 2. The molecule has 0 unspecified atom stereocenters. The minimum Gasteiger partial charge on any atom is -0.505 e. The zero-order valence-corrected chi connectivity index (χ0v) is 29.2. The first kappa shape index (κ1) is 32.6. The average molecular weight is 683 g/mol. The van der Waals surface area contributed by atoms with E-state index in [1.165, 1.54) is 36.7 Å². The lowest BCUT2D eigenvalue weighted by atomic mass is 10.0. The number of aromatic nitrogens is 6. The van der Waals surface area contributed by atoms with Crippen molar-refractivity contribution in [2.75, 3.05) is 6.61 Å². The maximum absolute atomic E-state index is 12.1. The third-order valence-electron chi connectivity index (χ3n) is 9.27. The second-order valence-corrected chi connectivity index (χ2v) is 13.5. The molecule has 4 heterocycles. The molecule has 4 aromatic carbocycles. The van der Waals surface area contributed by atoms with Gasteiger partial charge in [0.1, 0.15) is 44.9 Å². The van der Waals surface area contributed by atoms with E-state index in [9.17, 15) is 15.0 Å². The number of esters is 1. The summed E-state index contributed by atoms with van der Waals surface area (Å²) in [5.74, 6) is 0.420. The number of hydrogen-bond acceptors (Lipinski definition) is 4. The molecule has 0 fully saturated rings. The SMILES string of the molecule is CCCCCCCCOC(=O)CCc1cc(C)c(O)c(-n2n3c4ccc(Cl)cc4n23)c1.Cc1cc(C)c(O)c(-n2n3c4ccccc4n23)c1. The molecule has 8 rings (SSSR count). The van der Waals surface area contributed by atoms with Gasteiger partial charge in [-0.05, 0) is 98.3 Å². The normalized spacial score (nSPS) is 11.9. The molecule has 10 nitrogen and oxygen atoms in total. The van der Waals surface area contributed by atoms with Gasteiger partial charge in [0.15, 0.2) is 0 Å². The van der Waals surface area contributed by atoms with Crippen LogP contribution in [0.3, 0.4) is 0 Å². The van der Waals surface area contributed by atoms with Crippen LogP contribution in [-0.2, 0) is 16.0 Å². The highest BCUT2D eigenvalue weighted by Gasteiger charge is 2.27. The summed E-state index contributed by atoms with van der Waals surface area (Å²) in [6, 6.07) is 21.8. The predicted octanol–water partition coefficient (Wildman–Crippen LogP) is 8.67. The van der Waals surface area contributed by atoms with E-state index in [2.05, 4.69) is 19.1 Å². The van der Waals surface area contributed by atoms with E-state index >= 15 is 0 Å². The number of phenols is 2. The number of benzene rings is 4.